The lowest BCUT2D eigenvalue weighted by Crippen LogP contribution is -2.59. The van der Waals surface area contributed by atoms with Crippen molar-refractivity contribution in [2.24, 2.45) is 0 Å². The minimum atomic E-state index is -3.78. The highest BCUT2D eigenvalue weighted by atomic mass is 32.2. The molecule has 0 aromatic heterocycles. The van der Waals surface area contributed by atoms with Crippen LogP contribution in [-0.2, 0) is 10.0 Å². The number of phenols is 1. The van der Waals surface area contributed by atoms with E-state index in [1.165, 1.54) is 24.3 Å². The van der Waals surface area contributed by atoms with Crippen molar-refractivity contribution in [3.05, 3.63) is 96.1 Å². The van der Waals surface area contributed by atoms with Gasteiger partial charge in [0.2, 0.25) is 10.0 Å². The lowest BCUT2D eigenvalue weighted by atomic mass is 9.95. The molecule has 0 fully saturated rings. The van der Waals surface area contributed by atoms with E-state index in [-0.39, 0.29) is 16.7 Å². The summed E-state index contributed by atoms with van der Waals surface area (Å²) < 4.78 is 28.5. The molecule has 0 unspecified atom stereocenters. The Morgan fingerprint density at radius 2 is 1.27 bits per heavy atom. The van der Waals surface area contributed by atoms with Crippen LogP contribution in [-0.4, -0.2) is 13.5 Å². The summed E-state index contributed by atoms with van der Waals surface area (Å²) in [5, 5.41) is 9.39. The van der Waals surface area contributed by atoms with Crippen LogP contribution in [0, 0.1) is 0 Å². The summed E-state index contributed by atoms with van der Waals surface area (Å²) in [6.07, 6.45) is 0. The van der Waals surface area contributed by atoms with Crippen molar-refractivity contribution < 1.29 is 19.3 Å². The molecule has 0 radical (unpaired) electrons. The predicted octanol–water partition coefficient (Wildman–Crippen LogP) is 2.40. The van der Waals surface area contributed by atoms with E-state index in [0.717, 1.165) is 11.1 Å². The zero-order chi connectivity index (χ0) is 18.6. The van der Waals surface area contributed by atoms with Gasteiger partial charge in [-0.15, -0.1) is 0 Å². The molecule has 134 valence electrons. The maximum Gasteiger partial charge on any atom is 0.241 e. The standard InChI is InChI=1S/C20H20N2O3S/c21-19(15-7-3-1-4-8-15)20(16-9-5-2-6-10-16)22-26(24,25)18-13-11-17(23)12-14-18/h1-14,19-20,22-23H,21H2/p+1/t19-,20-/m0/s1. The molecule has 5 N–H and O–H groups in total. The van der Waals surface area contributed by atoms with E-state index in [0.29, 0.717) is 0 Å². The monoisotopic (exact) mass is 369 g/mol. The topological polar surface area (TPSA) is 94.0 Å². The van der Waals surface area contributed by atoms with Crippen LogP contribution in [0.4, 0.5) is 0 Å². The van der Waals surface area contributed by atoms with Crippen LogP contribution in [0.2, 0.25) is 0 Å². The van der Waals surface area contributed by atoms with Gasteiger partial charge in [-0.2, -0.15) is 4.72 Å². The quantitative estimate of drug-likeness (QED) is 0.623. The molecule has 3 aromatic rings. The van der Waals surface area contributed by atoms with Crippen LogP contribution >= 0.6 is 0 Å². The summed E-state index contributed by atoms with van der Waals surface area (Å²) in [7, 11) is -3.78. The van der Waals surface area contributed by atoms with Gasteiger partial charge in [0.1, 0.15) is 17.8 Å². The molecular formula is C20H21N2O3S+. The maximum atomic E-state index is 12.8. The SMILES string of the molecule is [NH3+][C@@H](c1ccccc1)[C@@H](NS(=O)(=O)c1ccc(O)cc1)c1ccccc1. The number of aromatic hydroxyl groups is 1. The van der Waals surface area contributed by atoms with Crippen molar-refractivity contribution >= 4 is 10.0 Å². The van der Waals surface area contributed by atoms with E-state index < -0.39 is 16.1 Å². The lowest BCUT2D eigenvalue weighted by molar-refractivity contribution is -0.433. The van der Waals surface area contributed by atoms with Crippen molar-refractivity contribution in [1.29, 1.82) is 0 Å². The van der Waals surface area contributed by atoms with E-state index in [1.807, 2.05) is 60.7 Å². The average molecular weight is 369 g/mol. The first-order chi connectivity index (χ1) is 12.5. The molecule has 0 saturated heterocycles. The molecule has 3 rings (SSSR count). The van der Waals surface area contributed by atoms with Crippen LogP contribution in [0.25, 0.3) is 0 Å². The Kier molecular flexibility index (Phi) is 5.37. The average Bonchev–Trinajstić information content (AvgIpc) is 2.67. The van der Waals surface area contributed by atoms with Crippen LogP contribution in [0.1, 0.15) is 23.2 Å². The fourth-order valence-electron chi connectivity index (χ4n) is 2.80. The summed E-state index contributed by atoms with van der Waals surface area (Å²) in [5.74, 6) is 0.0166. The molecule has 0 aliphatic heterocycles. The van der Waals surface area contributed by atoms with Crippen molar-refractivity contribution in [1.82, 2.24) is 4.72 Å². The Balaban J connectivity index is 1.97. The van der Waals surface area contributed by atoms with E-state index >= 15 is 0 Å². The van der Waals surface area contributed by atoms with Crippen LogP contribution < -0.4 is 10.5 Å². The molecule has 0 amide bonds. The van der Waals surface area contributed by atoms with Gasteiger partial charge in [-0.3, -0.25) is 0 Å². The van der Waals surface area contributed by atoms with E-state index in [1.54, 1.807) is 0 Å². The number of nitrogens with one attached hydrogen (secondary N) is 1. The molecule has 0 aliphatic carbocycles. The highest BCUT2D eigenvalue weighted by Crippen LogP contribution is 2.27. The fraction of sp³-hybridized carbons (Fsp3) is 0.100. The first-order valence-corrected chi connectivity index (χ1v) is 9.70. The van der Waals surface area contributed by atoms with Crippen LogP contribution in [0.5, 0.6) is 5.75 Å². The summed E-state index contributed by atoms with van der Waals surface area (Å²) in [4.78, 5) is 0.0940. The number of rotatable bonds is 6. The smallest absolute Gasteiger partial charge is 0.241 e. The van der Waals surface area contributed by atoms with Crippen LogP contribution in [0.15, 0.2) is 89.8 Å². The summed E-state index contributed by atoms with van der Waals surface area (Å²) in [6, 6.07) is 23.6. The second kappa shape index (κ2) is 7.70. The Labute approximate surface area is 153 Å². The lowest BCUT2D eigenvalue weighted by Gasteiger charge is -2.23. The number of phenolic OH excluding ortho intramolecular Hbond substituents is 1. The third-order valence-corrected chi connectivity index (χ3v) is 5.67. The van der Waals surface area contributed by atoms with Gasteiger partial charge >= 0.3 is 0 Å². The number of quaternary nitrogens is 1. The summed E-state index contributed by atoms with van der Waals surface area (Å²) >= 11 is 0. The zero-order valence-electron chi connectivity index (χ0n) is 14.1. The minimum absolute atomic E-state index is 0.0166. The first kappa shape index (κ1) is 18.1. The molecule has 3 aromatic carbocycles. The maximum absolute atomic E-state index is 12.8. The van der Waals surface area contributed by atoms with Gasteiger partial charge in [0.25, 0.3) is 0 Å². The Hall–Kier alpha value is -2.67. The molecule has 26 heavy (non-hydrogen) atoms. The van der Waals surface area contributed by atoms with Gasteiger partial charge in [0.05, 0.1) is 4.90 Å². The van der Waals surface area contributed by atoms with Crippen molar-refractivity contribution in [2.45, 2.75) is 17.0 Å². The number of hydrogen-bond acceptors (Lipinski definition) is 3. The van der Waals surface area contributed by atoms with Gasteiger partial charge in [-0.1, -0.05) is 60.7 Å². The molecule has 0 heterocycles. The predicted molar refractivity (Wildman–Crippen MR) is 99.7 cm³/mol. The molecule has 0 aliphatic rings. The summed E-state index contributed by atoms with van der Waals surface area (Å²) in [6.45, 7) is 0. The van der Waals surface area contributed by atoms with Crippen molar-refractivity contribution in [3.63, 3.8) is 0 Å². The van der Waals surface area contributed by atoms with Crippen LogP contribution in [0.3, 0.4) is 0 Å². The van der Waals surface area contributed by atoms with Gasteiger partial charge in [-0.25, -0.2) is 8.42 Å². The number of hydrogen-bond donors (Lipinski definition) is 3. The van der Waals surface area contributed by atoms with E-state index in [4.69, 9.17) is 0 Å². The summed E-state index contributed by atoms with van der Waals surface area (Å²) in [5.41, 5.74) is 5.98. The third-order valence-electron chi connectivity index (χ3n) is 4.22. The number of sulfonamides is 1. The zero-order valence-corrected chi connectivity index (χ0v) is 14.9. The highest BCUT2D eigenvalue weighted by Gasteiger charge is 2.29. The molecular weight excluding hydrogens is 348 g/mol. The van der Waals surface area contributed by atoms with E-state index in [9.17, 15) is 13.5 Å². The minimum Gasteiger partial charge on any atom is -0.508 e. The molecule has 0 bridgehead atoms. The first-order valence-electron chi connectivity index (χ1n) is 8.22. The van der Waals surface area contributed by atoms with Crippen molar-refractivity contribution in [2.75, 3.05) is 0 Å². The van der Waals surface area contributed by atoms with Gasteiger partial charge in [-0.05, 0) is 29.8 Å². The molecule has 2 atom stereocenters. The molecule has 0 saturated carbocycles. The highest BCUT2D eigenvalue weighted by molar-refractivity contribution is 7.89. The molecule has 6 heteroatoms. The Morgan fingerprint density at radius 3 is 1.81 bits per heavy atom. The van der Waals surface area contributed by atoms with Gasteiger partial charge in [0.15, 0.2) is 0 Å². The number of benzene rings is 3. The van der Waals surface area contributed by atoms with Gasteiger partial charge in [0, 0.05) is 5.56 Å². The molecule has 5 nitrogen and oxygen atoms in total. The fourth-order valence-corrected chi connectivity index (χ4v) is 4.06. The Morgan fingerprint density at radius 1 is 0.769 bits per heavy atom. The van der Waals surface area contributed by atoms with Crippen molar-refractivity contribution in [3.8, 4) is 5.75 Å². The Bertz CT molecular complexity index is 943. The second-order valence-corrected chi connectivity index (χ2v) is 7.73. The molecule has 0 spiro atoms. The van der Waals surface area contributed by atoms with Gasteiger partial charge < -0.3 is 10.8 Å². The second-order valence-electron chi connectivity index (χ2n) is 6.02. The third kappa shape index (κ3) is 4.11. The normalized spacial score (nSPS) is 13.9. The largest absolute Gasteiger partial charge is 0.508 e. The van der Waals surface area contributed by atoms with E-state index in [2.05, 4.69) is 10.5 Å².